The van der Waals surface area contributed by atoms with E-state index in [9.17, 15) is 23.1 Å². The van der Waals surface area contributed by atoms with E-state index in [-0.39, 0.29) is 35.7 Å². The average Bonchev–Trinajstić information content (AvgIpc) is 3.58. The minimum atomic E-state index is -3.21. The quantitative estimate of drug-likeness (QED) is 0.274. The monoisotopic (exact) mass is 656 g/mol. The molecule has 7 nitrogen and oxygen atoms in total. The largest absolute Gasteiger partial charge is 0.481 e. The molecule has 5 fully saturated rings. The standard InChI is InChI=1S/C38H60N2O5S/c1-6-9-26(11-14-35(42)43)28-15-19-36(4)30(25(28)3)16-20-37(5)31-17-21-38(18-8-10-32(38)29(31)12-13-33(36)37)39-22-34(41)40-23-27(7-2)46(44,45)24-40/h9,15,25,27,29-33,39H,6-8,10-14,16-24H2,1-5H3,(H,42,43)/b26-9+. The van der Waals surface area contributed by atoms with Crippen LogP contribution in [-0.2, 0) is 19.4 Å². The van der Waals surface area contributed by atoms with Gasteiger partial charge in [0.25, 0.3) is 0 Å². The number of carboxylic acids is 1. The number of carboxylic acid groups (broad SMARTS) is 1. The molecule has 1 aliphatic heterocycles. The number of carbonyl (C=O) groups excluding carboxylic acids is 1. The van der Waals surface area contributed by atoms with Crippen LogP contribution in [0, 0.1) is 46.3 Å². The lowest BCUT2D eigenvalue weighted by Crippen LogP contribution is -2.63. The molecule has 0 spiro atoms. The summed E-state index contributed by atoms with van der Waals surface area (Å²) in [5, 5.41) is 12.8. The lowest BCUT2D eigenvalue weighted by Gasteiger charge is -2.67. The Bertz CT molecular complexity index is 1370. The van der Waals surface area contributed by atoms with E-state index < -0.39 is 21.1 Å². The van der Waals surface area contributed by atoms with Gasteiger partial charge in [-0.2, -0.15) is 0 Å². The van der Waals surface area contributed by atoms with Crippen molar-refractivity contribution >= 4 is 21.7 Å². The molecular formula is C38H60N2O5S. The molecule has 0 aromatic carbocycles. The fourth-order valence-electron chi connectivity index (χ4n) is 12.7. The van der Waals surface area contributed by atoms with Gasteiger partial charge in [0.15, 0.2) is 9.84 Å². The van der Waals surface area contributed by atoms with Gasteiger partial charge in [-0.1, -0.05) is 53.2 Å². The van der Waals surface area contributed by atoms with E-state index in [4.69, 9.17) is 0 Å². The van der Waals surface area contributed by atoms with Crippen LogP contribution in [-0.4, -0.2) is 60.1 Å². The van der Waals surface area contributed by atoms with Gasteiger partial charge in [-0.05, 0) is 135 Å². The van der Waals surface area contributed by atoms with Gasteiger partial charge in [-0.25, -0.2) is 8.42 Å². The number of nitrogens with one attached hydrogen (secondary N) is 1. The van der Waals surface area contributed by atoms with Crippen molar-refractivity contribution in [3.8, 4) is 0 Å². The Morgan fingerprint density at radius 2 is 1.76 bits per heavy atom. The molecule has 10 atom stereocenters. The Labute approximate surface area is 278 Å². The van der Waals surface area contributed by atoms with Crippen LogP contribution in [0.3, 0.4) is 0 Å². The highest BCUT2D eigenvalue weighted by atomic mass is 32.2. The summed E-state index contributed by atoms with van der Waals surface area (Å²) < 4.78 is 25.0. The molecule has 0 aromatic rings. The van der Waals surface area contributed by atoms with Crippen molar-refractivity contribution in [2.45, 2.75) is 135 Å². The van der Waals surface area contributed by atoms with E-state index >= 15 is 0 Å². The molecule has 0 aromatic heterocycles. The Morgan fingerprint density at radius 3 is 2.46 bits per heavy atom. The topological polar surface area (TPSA) is 104 Å². The lowest BCUT2D eigenvalue weighted by atomic mass is 9.38. The number of sulfone groups is 1. The number of carbonyl (C=O) groups is 2. The van der Waals surface area contributed by atoms with Crippen LogP contribution in [0.1, 0.15) is 125 Å². The van der Waals surface area contributed by atoms with E-state index in [2.05, 4.69) is 45.2 Å². The number of nitrogens with zero attached hydrogens (tertiary/aromatic N) is 1. The molecule has 1 saturated heterocycles. The first kappa shape index (κ1) is 34.2. The number of fused-ring (bicyclic) bond motifs is 7. The number of allylic oxidation sites excluding steroid dienone is 4. The summed E-state index contributed by atoms with van der Waals surface area (Å²) in [7, 11) is -3.21. The molecule has 0 bridgehead atoms. The van der Waals surface area contributed by atoms with Gasteiger partial charge in [0, 0.05) is 18.5 Å². The third kappa shape index (κ3) is 5.63. The number of amides is 1. The van der Waals surface area contributed by atoms with Crippen molar-refractivity contribution in [2.24, 2.45) is 46.3 Å². The van der Waals surface area contributed by atoms with Gasteiger partial charge in [0.1, 0.15) is 5.88 Å². The maximum Gasteiger partial charge on any atom is 0.303 e. The maximum atomic E-state index is 13.3. The van der Waals surface area contributed by atoms with Crippen LogP contribution >= 0.6 is 0 Å². The zero-order valence-electron chi connectivity index (χ0n) is 29.2. The third-order valence-electron chi connectivity index (χ3n) is 14.8. The molecule has 46 heavy (non-hydrogen) atoms. The van der Waals surface area contributed by atoms with Crippen molar-refractivity contribution in [3.05, 3.63) is 23.3 Å². The molecule has 6 rings (SSSR count). The number of aliphatic carboxylic acids is 1. The zero-order valence-corrected chi connectivity index (χ0v) is 30.0. The molecule has 5 aliphatic carbocycles. The summed E-state index contributed by atoms with van der Waals surface area (Å²) in [6.07, 6.45) is 19.3. The highest BCUT2D eigenvalue weighted by Gasteiger charge is 2.64. The summed E-state index contributed by atoms with van der Waals surface area (Å²) in [6, 6.07) is 0. The van der Waals surface area contributed by atoms with Crippen LogP contribution in [0.25, 0.3) is 0 Å². The molecule has 8 heteroatoms. The van der Waals surface area contributed by atoms with Gasteiger partial charge in [-0.3, -0.25) is 9.59 Å². The molecule has 1 amide bonds. The second kappa shape index (κ2) is 12.7. The minimum absolute atomic E-state index is 0.0127. The fraction of sp³-hybridized carbons (Fsp3) is 0.842. The van der Waals surface area contributed by atoms with Crippen molar-refractivity contribution < 1.29 is 23.1 Å². The Balaban J connectivity index is 1.17. The SMILES string of the molecule is CC/C=C(\CCC(=O)O)C1=CCC2(C)C(CCC3(C)C4CCC5(NCC(=O)N6CC(CC)S(=O)(=O)C6)CCCC5C4CCC23)C1C. The molecule has 1 heterocycles. The van der Waals surface area contributed by atoms with E-state index in [1.807, 2.05) is 6.92 Å². The highest BCUT2D eigenvalue weighted by Crippen LogP contribution is 2.70. The predicted molar refractivity (Wildman–Crippen MR) is 183 cm³/mol. The second-order valence-electron chi connectivity index (χ2n) is 16.7. The van der Waals surface area contributed by atoms with Gasteiger partial charge >= 0.3 is 5.97 Å². The Kier molecular flexibility index (Phi) is 9.41. The zero-order chi connectivity index (χ0) is 33.1. The number of rotatable bonds is 9. The Morgan fingerprint density at radius 1 is 1.00 bits per heavy atom. The minimum Gasteiger partial charge on any atom is -0.481 e. The van der Waals surface area contributed by atoms with E-state index in [1.54, 1.807) is 4.90 Å². The van der Waals surface area contributed by atoms with Gasteiger partial charge in [0.2, 0.25) is 5.91 Å². The first-order valence-corrected chi connectivity index (χ1v) is 20.4. The predicted octanol–water partition coefficient (Wildman–Crippen LogP) is 7.13. The third-order valence-corrected chi connectivity index (χ3v) is 17.0. The maximum absolute atomic E-state index is 13.3. The summed E-state index contributed by atoms with van der Waals surface area (Å²) in [4.78, 5) is 26.3. The van der Waals surface area contributed by atoms with E-state index in [1.165, 1.54) is 56.1 Å². The molecule has 10 unspecified atom stereocenters. The van der Waals surface area contributed by atoms with Crippen molar-refractivity contribution in [2.75, 3.05) is 19.0 Å². The molecule has 4 saturated carbocycles. The van der Waals surface area contributed by atoms with Gasteiger partial charge in [-0.15, -0.1) is 0 Å². The Hall–Kier alpha value is -1.67. The lowest BCUT2D eigenvalue weighted by molar-refractivity contribution is -0.166. The fourth-order valence-corrected chi connectivity index (χ4v) is 14.5. The number of hydrogen-bond acceptors (Lipinski definition) is 5. The first-order chi connectivity index (χ1) is 21.8. The van der Waals surface area contributed by atoms with Crippen LogP contribution in [0.2, 0.25) is 0 Å². The molecule has 0 radical (unpaired) electrons. The van der Waals surface area contributed by atoms with Crippen molar-refractivity contribution in [1.82, 2.24) is 10.2 Å². The van der Waals surface area contributed by atoms with Gasteiger partial charge in [0.05, 0.1) is 11.8 Å². The summed E-state index contributed by atoms with van der Waals surface area (Å²) in [6.45, 7) is 12.3. The van der Waals surface area contributed by atoms with E-state index in [0.29, 0.717) is 54.4 Å². The normalized spacial score (nSPS) is 43.2. The molecule has 6 aliphatic rings. The van der Waals surface area contributed by atoms with E-state index in [0.717, 1.165) is 31.6 Å². The second-order valence-corrected chi connectivity index (χ2v) is 19.0. The van der Waals surface area contributed by atoms with Crippen LogP contribution in [0.5, 0.6) is 0 Å². The summed E-state index contributed by atoms with van der Waals surface area (Å²) in [5.41, 5.74) is 3.30. The van der Waals surface area contributed by atoms with Crippen LogP contribution < -0.4 is 5.32 Å². The first-order valence-electron chi connectivity index (χ1n) is 18.6. The van der Waals surface area contributed by atoms with Crippen LogP contribution in [0.15, 0.2) is 23.3 Å². The van der Waals surface area contributed by atoms with Crippen molar-refractivity contribution in [3.63, 3.8) is 0 Å². The van der Waals surface area contributed by atoms with Gasteiger partial charge < -0.3 is 15.3 Å². The average molecular weight is 657 g/mol. The molecular weight excluding hydrogens is 596 g/mol. The smallest absolute Gasteiger partial charge is 0.303 e. The number of hydrogen-bond donors (Lipinski definition) is 2. The van der Waals surface area contributed by atoms with Crippen molar-refractivity contribution in [1.29, 1.82) is 0 Å². The molecule has 2 N–H and O–H groups in total. The summed E-state index contributed by atoms with van der Waals surface area (Å²) in [5.74, 6) is 2.91. The molecule has 258 valence electrons. The highest BCUT2D eigenvalue weighted by molar-refractivity contribution is 7.92. The summed E-state index contributed by atoms with van der Waals surface area (Å²) >= 11 is 0. The van der Waals surface area contributed by atoms with Crippen LogP contribution in [0.4, 0.5) is 0 Å².